The van der Waals surface area contributed by atoms with Gasteiger partial charge in [-0.3, -0.25) is 14.4 Å². The van der Waals surface area contributed by atoms with E-state index in [4.69, 9.17) is 11.5 Å². The van der Waals surface area contributed by atoms with Crippen molar-refractivity contribution in [1.82, 2.24) is 10.6 Å². The number of hydrogen-bond acceptors (Lipinski definition) is 5. The number of primary amides is 1. The number of aliphatic carboxylic acids is 1. The van der Waals surface area contributed by atoms with Crippen LogP contribution in [0.2, 0.25) is 0 Å². The van der Waals surface area contributed by atoms with E-state index >= 15 is 0 Å². The molecule has 0 spiro atoms. The summed E-state index contributed by atoms with van der Waals surface area (Å²) in [6, 6.07) is 5.80. The number of amides is 3. The van der Waals surface area contributed by atoms with Gasteiger partial charge in [-0.25, -0.2) is 4.79 Å². The van der Waals surface area contributed by atoms with Crippen LogP contribution in [-0.4, -0.2) is 46.9 Å². The molecule has 0 unspecified atom stereocenters. The third-order valence-corrected chi connectivity index (χ3v) is 3.62. The van der Waals surface area contributed by atoms with E-state index in [0.29, 0.717) is 0 Å². The highest BCUT2D eigenvalue weighted by atomic mass is 16.4. The zero-order valence-corrected chi connectivity index (χ0v) is 14.5. The van der Waals surface area contributed by atoms with Gasteiger partial charge in [0.2, 0.25) is 17.7 Å². The maximum Gasteiger partial charge on any atom is 0.326 e. The van der Waals surface area contributed by atoms with Crippen molar-refractivity contribution in [2.45, 2.75) is 44.3 Å². The Labute approximate surface area is 151 Å². The van der Waals surface area contributed by atoms with Gasteiger partial charge in [0.05, 0.1) is 6.04 Å². The zero-order chi connectivity index (χ0) is 19.7. The lowest BCUT2D eigenvalue weighted by Crippen LogP contribution is -2.54. The van der Waals surface area contributed by atoms with Crippen LogP contribution in [0.5, 0.6) is 0 Å². The van der Waals surface area contributed by atoms with Crippen LogP contribution in [-0.2, 0) is 25.6 Å². The largest absolute Gasteiger partial charge is 0.480 e. The third-order valence-electron chi connectivity index (χ3n) is 3.62. The Hall–Kier alpha value is -2.94. The van der Waals surface area contributed by atoms with Gasteiger partial charge < -0.3 is 27.2 Å². The normalized spacial score (nSPS) is 13.9. The lowest BCUT2D eigenvalue weighted by atomic mass is 10.0. The number of carbonyl (C=O) groups is 4. The first kappa shape index (κ1) is 21.1. The van der Waals surface area contributed by atoms with E-state index in [1.165, 1.54) is 6.92 Å². The lowest BCUT2D eigenvalue weighted by Gasteiger charge is -2.22. The van der Waals surface area contributed by atoms with Crippen molar-refractivity contribution in [3.8, 4) is 0 Å². The Morgan fingerprint density at radius 1 is 1.04 bits per heavy atom. The SMILES string of the molecule is C[C@H](N)C(=O)N[C@@H](Cc1ccccc1)C(=O)N[C@@H](CCC(N)=O)C(=O)O. The molecule has 142 valence electrons. The highest BCUT2D eigenvalue weighted by molar-refractivity contribution is 5.92. The maximum absolute atomic E-state index is 12.5. The molecule has 1 rings (SSSR count). The Morgan fingerprint density at radius 3 is 2.12 bits per heavy atom. The summed E-state index contributed by atoms with van der Waals surface area (Å²) in [7, 11) is 0. The molecule has 0 bridgehead atoms. The van der Waals surface area contributed by atoms with Gasteiger partial charge in [-0.05, 0) is 18.9 Å². The van der Waals surface area contributed by atoms with Crippen molar-refractivity contribution < 1.29 is 24.3 Å². The highest BCUT2D eigenvalue weighted by Crippen LogP contribution is 2.05. The molecule has 9 heteroatoms. The molecule has 0 aliphatic rings. The number of nitrogens with two attached hydrogens (primary N) is 2. The fourth-order valence-electron chi connectivity index (χ4n) is 2.18. The molecule has 3 amide bonds. The van der Waals surface area contributed by atoms with E-state index in [0.717, 1.165) is 5.56 Å². The molecule has 9 nitrogen and oxygen atoms in total. The molecule has 26 heavy (non-hydrogen) atoms. The summed E-state index contributed by atoms with van der Waals surface area (Å²) < 4.78 is 0. The van der Waals surface area contributed by atoms with Crippen LogP contribution in [0.3, 0.4) is 0 Å². The van der Waals surface area contributed by atoms with Crippen LogP contribution in [0.15, 0.2) is 30.3 Å². The molecule has 0 fully saturated rings. The van der Waals surface area contributed by atoms with E-state index in [2.05, 4.69) is 10.6 Å². The smallest absolute Gasteiger partial charge is 0.326 e. The molecular weight excluding hydrogens is 340 g/mol. The van der Waals surface area contributed by atoms with Gasteiger partial charge >= 0.3 is 5.97 Å². The minimum absolute atomic E-state index is 0.143. The second-order valence-electron chi connectivity index (χ2n) is 5.94. The van der Waals surface area contributed by atoms with Gasteiger partial charge in [0, 0.05) is 12.8 Å². The van der Waals surface area contributed by atoms with Gasteiger partial charge in [-0.1, -0.05) is 30.3 Å². The monoisotopic (exact) mass is 364 g/mol. The second kappa shape index (κ2) is 10.1. The first-order valence-electron chi connectivity index (χ1n) is 8.12. The summed E-state index contributed by atoms with van der Waals surface area (Å²) in [5.74, 6) is -3.18. The lowest BCUT2D eigenvalue weighted by molar-refractivity contribution is -0.142. The number of carboxylic acid groups (broad SMARTS) is 1. The Bertz CT molecular complexity index is 648. The summed E-state index contributed by atoms with van der Waals surface area (Å²) >= 11 is 0. The Kier molecular flexibility index (Phi) is 8.23. The maximum atomic E-state index is 12.5. The molecule has 0 aromatic heterocycles. The van der Waals surface area contributed by atoms with Crippen LogP contribution in [0.25, 0.3) is 0 Å². The minimum atomic E-state index is -1.29. The summed E-state index contributed by atoms with van der Waals surface area (Å²) in [5, 5.41) is 14.1. The van der Waals surface area contributed by atoms with Gasteiger partial charge in [-0.15, -0.1) is 0 Å². The predicted molar refractivity (Wildman–Crippen MR) is 93.7 cm³/mol. The molecule has 0 heterocycles. The van der Waals surface area contributed by atoms with Crippen LogP contribution >= 0.6 is 0 Å². The molecular formula is C17H24N4O5. The van der Waals surface area contributed by atoms with Crippen molar-refractivity contribution in [2.75, 3.05) is 0 Å². The molecule has 0 aliphatic carbocycles. The standard InChI is InChI=1S/C17H24N4O5/c1-10(18)15(23)21-13(9-11-5-3-2-4-6-11)16(24)20-12(17(25)26)7-8-14(19)22/h2-6,10,12-13H,7-9,18H2,1H3,(H2,19,22)(H,20,24)(H,21,23)(H,25,26)/t10-,12-,13-/m0/s1. The minimum Gasteiger partial charge on any atom is -0.480 e. The fourth-order valence-corrected chi connectivity index (χ4v) is 2.18. The van der Waals surface area contributed by atoms with Crippen molar-refractivity contribution in [1.29, 1.82) is 0 Å². The molecule has 3 atom stereocenters. The quantitative estimate of drug-likeness (QED) is 0.353. The number of nitrogens with one attached hydrogen (secondary N) is 2. The van der Waals surface area contributed by atoms with E-state index in [1.807, 2.05) is 6.07 Å². The number of hydrogen-bond donors (Lipinski definition) is 5. The number of rotatable bonds is 10. The van der Waals surface area contributed by atoms with E-state index in [9.17, 15) is 24.3 Å². The van der Waals surface area contributed by atoms with Gasteiger partial charge in [0.15, 0.2) is 0 Å². The Balaban J connectivity index is 2.88. The average molecular weight is 364 g/mol. The topological polar surface area (TPSA) is 165 Å². The molecule has 7 N–H and O–H groups in total. The highest BCUT2D eigenvalue weighted by Gasteiger charge is 2.27. The first-order chi connectivity index (χ1) is 12.2. The van der Waals surface area contributed by atoms with Crippen LogP contribution in [0.1, 0.15) is 25.3 Å². The molecule has 0 radical (unpaired) electrons. The van der Waals surface area contributed by atoms with Gasteiger partial charge in [0.25, 0.3) is 0 Å². The average Bonchev–Trinajstić information content (AvgIpc) is 2.58. The van der Waals surface area contributed by atoms with Crippen LogP contribution in [0.4, 0.5) is 0 Å². The van der Waals surface area contributed by atoms with E-state index in [-0.39, 0.29) is 19.3 Å². The second-order valence-corrected chi connectivity index (χ2v) is 5.94. The summed E-state index contributed by atoms with van der Waals surface area (Å²) in [6.45, 7) is 1.47. The third kappa shape index (κ3) is 7.31. The molecule has 1 aromatic carbocycles. The van der Waals surface area contributed by atoms with E-state index < -0.39 is 41.8 Å². The van der Waals surface area contributed by atoms with Crippen LogP contribution < -0.4 is 22.1 Å². The molecule has 0 aliphatic heterocycles. The summed E-state index contributed by atoms with van der Waals surface area (Å²) in [6.07, 6.45) is -0.171. The summed E-state index contributed by atoms with van der Waals surface area (Å²) in [4.78, 5) is 46.5. The van der Waals surface area contributed by atoms with Crippen LogP contribution in [0, 0.1) is 0 Å². The fraction of sp³-hybridized carbons (Fsp3) is 0.412. The van der Waals surface area contributed by atoms with E-state index in [1.54, 1.807) is 24.3 Å². The van der Waals surface area contributed by atoms with Gasteiger partial charge in [0.1, 0.15) is 12.1 Å². The number of carboxylic acids is 1. The zero-order valence-electron chi connectivity index (χ0n) is 14.5. The molecule has 1 aromatic rings. The molecule has 0 saturated heterocycles. The predicted octanol–water partition coefficient (Wildman–Crippen LogP) is -1.10. The number of carbonyl (C=O) groups excluding carboxylic acids is 3. The molecule has 0 saturated carbocycles. The van der Waals surface area contributed by atoms with Crippen molar-refractivity contribution in [2.24, 2.45) is 11.5 Å². The summed E-state index contributed by atoms with van der Waals surface area (Å²) in [5.41, 5.74) is 11.3. The van der Waals surface area contributed by atoms with Gasteiger partial charge in [-0.2, -0.15) is 0 Å². The van der Waals surface area contributed by atoms with Crippen molar-refractivity contribution in [3.63, 3.8) is 0 Å². The first-order valence-corrected chi connectivity index (χ1v) is 8.12. The van der Waals surface area contributed by atoms with Crippen molar-refractivity contribution in [3.05, 3.63) is 35.9 Å². The Morgan fingerprint density at radius 2 is 1.62 bits per heavy atom. The number of benzene rings is 1. The van der Waals surface area contributed by atoms with Crippen molar-refractivity contribution >= 4 is 23.7 Å².